The second kappa shape index (κ2) is 8.81. The number of fused-ring (bicyclic) bond motifs is 1. The predicted octanol–water partition coefficient (Wildman–Crippen LogP) is 2.73. The van der Waals surface area contributed by atoms with Crippen LogP contribution in [0.3, 0.4) is 0 Å². The summed E-state index contributed by atoms with van der Waals surface area (Å²) < 4.78 is 25.9. The highest BCUT2D eigenvalue weighted by Gasteiger charge is 2.40. The molecule has 27 heavy (non-hydrogen) atoms. The first-order valence-corrected chi connectivity index (χ1v) is 10.7. The highest BCUT2D eigenvalue weighted by molar-refractivity contribution is 14.0. The minimum absolute atomic E-state index is 0. The molecular weight excluding hydrogens is 475 g/mol. The second-order valence-corrected chi connectivity index (χ2v) is 10.1. The molecule has 1 aromatic carbocycles. The Morgan fingerprint density at radius 3 is 2.70 bits per heavy atom. The molecule has 1 aliphatic heterocycles. The van der Waals surface area contributed by atoms with Gasteiger partial charge in [0, 0.05) is 44.9 Å². The van der Waals surface area contributed by atoms with Gasteiger partial charge in [-0.3, -0.25) is 4.99 Å². The van der Waals surface area contributed by atoms with Crippen LogP contribution in [0.1, 0.15) is 20.3 Å². The fourth-order valence-electron chi connectivity index (χ4n) is 3.44. The number of halogens is 1. The van der Waals surface area contributed by atoms with Crippen molar-refractivity contribution in [2.45, 2.75) is 31.6 Å². The molecule has 0 radical (unpaired) electrons. The van der Waals surface area contributed by atoms with Gasteiger partial charge in [-0.25, -0.2) is 8.42 Å². The first kappa shape index (κ1) is 22.0. The van der Waals surface area contributed by atoms with Crippen LogP contribution in [0.25, 0.3) is 10.9 Å². The third kappa shape index (κ3) is 4.77. The van der Waals surface area contributed by atoms with Gasteiger partial charge in [-0.15, -0.1) is 24.0 Å². The van der Waals surface area contributed by atoms with Gasteiger partial charge in [0.1, 0.15) is 0 Å². The fraction of sp³-hybridized carbons (Fsp3) is 0.526. The van der Waals surface area contributed by atoms with Crippen LogP contribution in [0.15, 0.2) is 41.5 Å². The van der Waals surface area contributed by atoms with Gasteiger partial charge in [0.25, 0.3) is 0 Å². The number of aromatic nitrogens is 1. The van der Waals surface area contributed by atoms with Gasteiger partial charge in [-0.1, -0.05) is 18.2 Å². The summed E-state index contributed by atoms with van der Waals surface area (Å²) in [4.78, 5) is 6.39. The van der Waals surface area contributed by atoms with Crippen LogP contribution in [0.2, 0.25) is 0 Å². The molecule has 1 fully saturated rings. The van der Waals surface area contributed by atoms with Crippen LogP contribution < -0.4 is 5.32 Å². The van der Waals surface area contributed by atoms with Crippen molar-refractivity contribution in [2.75, 3.05) is 32.4 Å². The third-order valence-electron chi connectivity index (χ3n) is 5.09. The van der Waals surface area contributed by atoms with Crippen LogP contribution in [-0.2, 0) is 16.4 Å². The van der Waals surface area contributed by atoms with Gasteiger partial charge in [0.2, 0.25) is 0 Å². The molecule has 8 heteroatoms. The highest BCUT2D eigenvalue weighted by Crippen LogP contribution is 2.23. The molecule has 2 heterocycles. The Balaban J connectivity index is 0.00000261. The first-order valence-electron chi connectivity index (χ1n) is 9.06. The Kier molecular flexibility index (Phi) is 7.18. The smallest absolute Gasteiger partial charge is 0.193 e. The normalized spacial score (nSPS) is 18.9. The molecule has 6 nitrogen and oxygen atoms in total. The Hall–Kier alpha value is -1.29. The lowest BCUT2D eigenvalue weighted by Crippen LogP contribution is -2.57. The van der Waals surface area contributed by atoms with Crippen molar-refractivity contribution in [1.29, 1.82) is 0 Å². The van der Waals surface area contributed by atoms with Gasteiger partial charge in [-0.2, -0.15) is 0 Å². The summed E-state index contributed by atoms with van der Waals surface area (Å²) in [6.07, 6.45) is 3.09. The number of hydrogen-bond acceptors (Lipinski definition) is 3. The lowest BCUT2D eigenvalue weighted by atomic mass is 10.2. The van der Waals surface area contributed by atoms with E-state index < -0.39 is 14.6 Å². The van der Waals surface area contributed by atoms with E-state index in [9.17, 15) is 8.42 Å². The lowest BCUT2D eigenvalue weighted by molar-refractivity contribution is 0.353. The number of para-hydroxylation sites is 1. The fourth-order valence-corrected chi connectivity index (χ4v) is 4.81. The van der Waals surface area contributed by atoms with Crippen LogP contribution in [0.5, 0.6) is 0 Å². The number of sulfone groups is 1. The molecule has 0 spiro atoms. The molecule has 150 valence electrons. The van der Waals surface area contributed by atoms with E-state index in [1.54, 1.807) is 20.9 Å². The van der Waals surface area contributed by atoms with Crippen molar-refractivity contribution in [3.8, 4) is 0 Å². The Bertz CT molecular complexity index is 905. The quantitative estimate of drug-likeness (QED) is 0.301. The van der Waals surface area contributed by atoms with Gasteiger partial charge in [0.15, 0.2) is 15.8 Å². The summed E-state index contributed by atoms with van der Waals surface area (Å²) in [6.45, 7) is 6.27. The van der Waals surface area contributed by atoms with Crippen molar-refractivity contribution < 1.29 is 8.42 Å². The summed E-state index contributed by atoms with van der Waals surface area (Å²) in [5.41, 5.74) is 1.25. The number of nitrogens with zero attached hydrogens (tertiary/aromatic N) is 3. The predicted molar refractivity (Wildman–Crippen MR) is 123 cm³/mol. The van der Waals surface area contributed by atoms with Gasteiger partial charge in [-0.05, 0) is 37.8 Å². The number of aryl methyl sites for hydroxylation is 1. The van der Waals surface area contributed by atoms with Crippen LogP contribution in [0, 0.1) is 0 Å². The minimum atomic E-state index is -3.04. The molecule has 1 aromatic heterocycles. The van der Waals surface area contributed by atoms with Gasteiger partial charge >= 0.3 is 0 Å². The molecule has 1 aliphatic rings. The van der Waals surface area contributed by atoms with E-state index >= 15 is 0 Å². The summed E-state index contributed by atoms with van der Waals surface area (Å²) in [5, 5.41) is 4.64. The van der Waals surface area contributed by atoms with Crippen LogP contribution in [-0.4, -0.2) is 61.0 Å². The van der Waals surface area contributed by atoms with E-state index in [2.05, 4.69) is 51.4 Å². The molecule has 0 saturated carbocycles. The number of hydrogen-bond donors (Lipinski definition) is 1. The Labute approximate surface area is 179 Å². The van der Waals surface area contributed by atoms with Crippen molar-refractivity contribution in [2.24, 2.45) is 4.99 Å². The Morgan fingerprint density at radius 1 is 1.26 bits per heavy atom. The maximum absolute atomic E-state index is 12.2. The van der Waals surface area contributed by atoms with E-state index in [-0.39, 0.29) is 29.7 Å². The molecule has 3 rings (SSSR count). The monoisotopic (exact) mass is 504 g/mol. The molecule has 2 aromatic rings. The number of rotatable bonds is 4. The van der Waals surface area contributed by atoms with E-state index in [0.29, 0.717) is 13.1 Å². The van der Waals surface area contributed by atoms with Crippen LogP contribution >= 0.6 is 24.0 Å². The summed E-state index contributed by atoms with van der Waals surface area (Å²) in [5.74, 6) is 0.959. The third-order valence-corrected chi connectivity index (χ3v) is 7.63. The molecule has 1 saturated heterocycles. The zero-order chi connectivity index (χ0) is 18.8. The first-order chi connectivity index (χ1) is 12.3. The maximum Gasteiger partial charge on any atom is 0.193 e. The van der Waals surface area contributed by atoms with E-state index in [4.69, 9.17) is 0 Å². The molecule has 0 atom stereocenters. The average molecular weight is 504 g/mol. The molecule has 0 bridgehead atoms. The van der Waals surface area contributed by atoms with Gasteiger partial charge < -0.3 is 14.8 Å². The maximum atomic E-state index is 12.2. The average Bonchev–Trinajstić information content (AvgIpc) is 3.01. The molecule has 0 amide bonds. The molecular formula is C19H29IN4O2S. The molecule has 0 unspecified atom stereocenters. The summed E-state index contributed by atoms with van der Waals surface area (Å²) >= 11 is 0. The molecule has 0 aliphatic carbocycles. The molecule has 1 N–H and O–H groups in total. The van der Waals surface area contributed by atoms with Crippen molar-refractivity contribution in [3.05, 3.63) is 36.5 Å². The highest BCUT2D eigenvalue weighted by atomic mass is 127. The van der Waals surface area contributed by atoms with Crippen molar-refractivity contribution >= 4 is 50.7 Å². The summed E-state index contributed by atoms with van der Waals surface area (Å²) in [7, 11) is -1.29. The number of benzene rings is 1. The second-order valence-electron chi connectivity index (χ2n) is 7.40. The SMILES string of the molecule is CN=C(NCCCn1ccc2ccccc21)N1CCS(=O)(=O)C(C)(C)C1.I. The zero-order valence-electron chi connectivity index (χ0n) is 16.2. The topological polar surface area (TPSA) is 66.7 Å². The number of aliphatic imine (C=N–C) groups is 1. The lowest BCUT2D eigenvalue weighted by Gasteiger charge is -2.39. The zero-order valence-corrected chi connectivity index (χ0v) is 19.3. The van der Waals surface area contributed by atoms with Crippen molar-refractivity contribution in [1.82, 2.24) is 14.8 Å². The standard InChI is InChI=1S/C19H28N4O2S.HI/c1-19(2)15-23(13-14-26(19,24)25)18(20-3)21-10-6-11-22-12-9-16-7-4-5-8-17(16)22;/h4-5,7-9,12H,6,10-11,13-15H2,1-3H3,(H,20,21);1H. The largest absolute Gasteiger partial charge is 0.356 e. The number of guanidine groups is 1. The number of nitrogens with one attached hydrogen (secondary N) is 1. The van der Waals surface area contributed by atoms with Crippen LogP contribution in [0.4, 0.5) is 0 Å². The van der Waals surface area contributed by atoms with Gasteiger partial charge in [0.05, 0.1) is 10.5 Å². The van der Waals surface area contributed by atoms with E-state index in [1.165, 1.54) is 10.9 Å². The Morgan fingerprint density at radius 2 is 2.00 bits per heavy atom. The van der Waals surface area contributed by atoms with E-state index in [1.807, 2.05) is 4.90 Å². The van der Waals surface area contributed by atoms with Crippen molar-refractivity contribution in [3.63, 3.8) is 0 Å². The summed E-state index contributed by atoms with van der Waals surface area (Å²) in [6, 6.07) is 10.5. The minimum Gasteiger partial charge on any atom is -0.356 e. The van der Waals surface area contributed by atoms with E-state index in [0.717, 1.165) is 25.5 Å².